The molecular formula is C14H21NO2. The summed E-state index contributed by atoms with van der Waals surface area (Å²) in [4.78, 5) is 4.17. The van der Waals surface area contributed by atoms with Crippen LogP contribution < -0.4 is 4.74 Å². The Labute approximate surface area is 103 Å². The maximum absolute atomic E-state index is 10.7. The van der Waals surface area contributed by atoms with E-state index in [0.29, 0.717) is 6.61 Å². The van der Waals surface area contributed by atoms with Gasteiger partial charge in [0.2, 0.25) is 0 Å². The largest absolute Gasteiger partial charge is 0.492 e. The SMILES string of the molecule is CCOc1cncc(C2(O)CCCCCC2)c1. The van der Waals surface area contributed by atoms with Crippen LogP contribution in [0.1, 0.15) is 51.0 Å². The molecule has 0 bridgehead atoms. The van der Waals surface area contributed by atoms with Crippen molar-refractivity contribution in [3.63, 3.8) is 0 Å². The zero-order chi connectivity index (χ0) is 12.1. The second-order valence-corrected chi connectivity index (χ2v) is 4.79. The predicted octanol–water partition coefficient (Wildman–Crippen LogP) is 3.02. The first-order valence-corrected chi connectivity index (χ1v) is 6.55. The molecule has 1 N–H and O–H groups in total. The summed E-state index contributed by atoms with van der Waals surface area (Å²) in [6.07, 6.45) is 9.78. The first kappa shape index (κ1) is 12.4. The van der Waals surface area contributed by atoms with Crippen molar-refractivity contribution < 1.29 is 9.84 Å². The molecule has 1 aliphatic rings. The Hall–Kier alpha value is -1.09. The van der Waals surface area contributed by atoms with Crippen LogP contribution in [0.5, 0.6) is 5.75 Å². The first-order valence-electron chi connectivity index (χ1n) is 6.55. The van der Waals surface area contributed by atoms with Crippen LogP contribution >= 0.6 is 0 Å². The normalized spacial score (nSPS) is 19.6. The molecule has 94 valence electrons. The van der Waals surface area contributed by atoms with Crippen LogP contribution in [0.15, 0.2) is 18.5 Å². The van der Waals surface area contributed by atoms with E-state index in [-0.39, 0.29) is 0 Å². The summed E-state index contributed by atoms with van der Waals surface area (Å²) in [6, 6.07) is 1.93. The van der Waals surface area contributed by atoms with Gasteiger partial charge in [-0.1, -0.05) is 25.7 Å². The standard InChI is InChI=1S/C14H21NO2/c1-2-17-13-9-12(10-15-11-13)14(16)7-5-3-4-6-8-14/h9-11,16H,2-8H2,1H3. The Kier molecular flexibility index (Phi) is 4.00. The van der Waals surface area contributed by atoms with E-state index in [0.717, 1.165) is 37.0 Å². The highest BCUT2D eigenvalue weighted by Crippen LogP contribution is 2.36. The number of ether oxygens (including phenoxy) is 1. The van der Waals surface area contributed by atoms with E-state index < -0.39 is 5.60 Å². The van der Waals surface area contributed by atoms with Gasteiger partial charge in [0.05, 0.1) is 18.4 Å². The lowest BCUT2D eigenvalue weighted by atomic mass is 9.87. The molecule has 0 atom stereocenters. The summed E-state index contributed by atoms with van der Waals surface area (Å²) >= 11 is 0. The van der Waals surface area contributed by atoms with Gasteiger partial charge >= 0.3 is 0 Å². The van der Waals surface area contributed by atoms with Crippen molar-refractivity contribution in [3.05, 3.63) is 24.0 Å². The molecule has 0 amide bonds. The molecule has 1 heterocycles. The Balaban J connectivity index is 2.21. The van der Waals surface area contributed by atoms with Crippen LogP contribution in [0, 0.1) is 0 Å². The summed E-state index contributed by atoms with van der Waals surface area (Å²) in [6.45, 7) is 2.58. The van der Waals surface area contributed by atoms with E-state index in [1.165, 1.54) is 12.8 Å². The zero-order valence-corrected chi connectivity index (χ0v) is 10.5. The van der Waals surface area contributed by atoms with Gasteiger partial charge < -0.3 is 9.84 Å². The fourth-order valence-electron chi connectivity index (χ4n) is 2.52. The van der Waals surface area contributed by atoms with Gasteiger partial charge in [-0.2, -0.15) is 0 Å². The lowest BCUT2D eigenvalue weighted by molar-refractivity contribution is 0.0201. The molecule has 17 heavy (non-hydrogen) atoms. The molecule has 3 heteroatoms. The molecule has 0 spiro atoms. The highest BCUT2D eigenvalue weighted by Gasteiger charge is 2.30. The summed E-state index contributed by atoms with van der Waals surface area (Å²) in [7, 11) is 0. The second kappa shape index (κ2) is 5.50. The van der Waals surface area contributed by atoms with E-state index in [2.05, 4.69) is 4.98 Å². The third kappa shape index (κ3) is 2.97. The van der Waals surface area contributed by atoms with Gasteiger partial charge in [-0.25, -0.2) is 0 Å². The molecule has 1 saturated carbocycles. The average Bonchev–Trinajstić information content (AvgIpc) is 2.56. The van der Waals surface area contributed by atoms with Gasteiger partial charge in [-0.15, -0.1) is 0 Å². The summed E-state index contributed by atoms with van der Waals surface area (Å²) in [5.74, 6) is 0.752. The molecule has 2 rings (SSSR count). The molecule has 0 aliphatic heterocycles. The predicted molar refractivity (Wildman–Crippen MR) is 67.0 cm³/mol. The van der Waals surface area contributed by atoms with E-state index in [4.69, 9.17) is 4.74 Å². The van der Waals surface area contributed by atoms with Crippen LogP contribution in [0.3, 0.4) is 0 Å². The number of aromatic nitrogens is 1. The topological polar surface area (TPSA) is 42.4 Å². The Morgan fingerprint density at radius 1 is 1.24 bits per heavy atom. The molecule has 0 aromatic carbocycles. The number of hydrogen-bond donors (Lipinski definition) is 1. The molecule has 0 unspecified atom stereocenters. The number of aliphatic hydroxyl groups is 1. The number of nitrogens with zero attached hydrogens (tertiary/aromatic N) is 1. The van der Waals surface area contributed by atoms with Crippen molar-refractivity contribution >= 4 is 0 Å². The van der Waals surface area contributed by atoms with Crippen LogP contribution in [0.2, 0.25) is 0 Å². The van der Waals surface area contributed by atoms with Gasteiger partial charge in [0.15, 0.2) is 0 Å². The molecule has 1 fully saturated rings. The average molecular weight is 235 g/mol. The second-order valence-electron chi connectivity index (χ2n) is 4.79. The number of hydrogen-bond acceptors (Lipinski definition) is 3. The van der Waals surface area contributed by atoms with Crippen LogP contribution in [0.25, 0.3) is 0 Å². The molecule has 1 aromatic heterocycles. The first-order chi connectivity index (χ1) is 8.24. The van der Waals surface area contributed by atoms with Crippen LogP contribution in [-0.2, 0) is 5.60 Å². The Morgan fingerprint density at radius 2 is 1.94 bits per heavy atom. The minimum atomic E-state index is -0.698. The zero-order valence-electron chi connectivity index (χ0n) is 10.5. The number of rotatable bonds is 3. The van der Waals surface area contributed by atoms with Crippen molar-refractivity contribution in [2.45, 2.75) is 51.0 Å². The van der Waals surface area contributed by atoms with Gasteiger partial charge in [-0.05, 0) is 25.8 Å². The lowest BCUT2D eigenvalue weighted by Crippen LogP contribution is -2.24. The molecule has 3 nitrogen and oxygen atoms in total. The minimum Gasteiger partial charge on any atom is -0.492 e. The van der Waals surface area contributed by atoms with Gasteiger partial charge in [0.25, 0.3) is 0 Å². The third-order valence-electron chi connectivity index (χ3n) is 3.49. The highest BCUT2D eigenvalue weighted by atomic mass is 16.5. The molecule has 0 radical (unpaired) electrons. The Morgan fingerprint density at radius 3 is 2.59 bits per heavy atom. The lowest BCUT2D eigenvalue weighted by Gasteiger charge is -2.27. The smallest absolute Gasteiger partial charge is 0.137 e. The molecular weight excluding hydrogens is 214 g/mol. The maximum atomic E-state index is 10.7. The fourth-order valence-corrected chi connectivity index (χ4v) is 2.52. The Bertz CT molecular complexity index is 357. The van der Waals surface area contributed by atoms with E-state index in [1.807, 2.05) is 13.0 Å². The van der Waals surface area contributed by atoms with Crippen LogP contribution in [0.4, 0.5) is 0 Å². The summed E-state index contributed by atoms with van der Waals surface area (Å²) in [5, 5.41) is 10.7. The molecule has 0 saturated heterocycles. The van der Waals surface area contributed by atoms with Crippen molar-refractivity contribution in [3.8, 4) is 5.75 Å². The van der Waals surface area contributed by atoms with Gasteiger partial charge in [-0.3, -0.25) is 4.98 Å². The highest BCUT2D eigenvalue weighted by molar-refractivity contribution is 5.28. The summed E-state index contributed by atoms with van der Waals surface area (Å²) < 4.78 is 5.44. The number of pyridine rings is 1. The fraction of sp³-hybridized carbons (Fsp3) is 0.643. The monoisotopic (exact) mass is 235 g/mol. The van der Waals surface area contributed by atoms with E-state index >= 15 is 0 Å². The maximum Gasteiger partial charge on any atom is 0.137 e. The van der Waals surface area contributed by atoms with Crippen molar-refractivity contribution in [2.24, 2.45) is 0 Å². The minimum absolute atomic E-state index is 0.629. The van der Waals surface area contributed by atoms with Crippen LogP contribution in [-0.4, -0.2) is 16.7 Å². The van der Waals surface area contributed by atoms with Gasteiger partial charge in [0, 0.05) is 11.8 Å². The van der Waals surface area contributed by atoms with Crippen molar-refractivity contribution in [1.82, 2.24) is 4.98 Å². The van der Waals surface area contributed by atoms with E-state index in [1.54, 1.807) is 12.4 Å². The van der Waals surface area contributed by atoms with Crippen molar-refractivity contribution in [1.29, 1.82) is 0 Å². The summed E-state index contributed by atoms with van der Waals surface area (Å²) in [5.41, 5.74) is 0.210. The third-order valence-corrected chi connectivity index (χ3v) is 3.49. The quantitative estimate of drug-likeness (QED) is 0.819. The van der Waals surface area contributed by atoms with E-state index in [9.17, 15) is 5.11 Å². The molecule has 1 aromatic rings. The van der Waals surface area contributed by atoms with Gasteiger partial charge in [0.1, 0.15) is 5.75 Å². The molecule has 1 aliphatic carbocycles. The van der Waals surface area contributed by atoms with Crippen molar-refractivity contribution in [2.75, 3.05) is 6.61 Å².